The summed E-state index contributed by atoms with van der Waals surface area (Å²) in [4.78, 5) is 24.3. The minimum atomic E-state index is -0.541. The average Bonchev–Trinajstić information content (AvgIpc) is 2.79. The molecule has 0 aromatic rings. The molecule has 5 nitrogen and oxygen atoms in total. The third-order valence-electron chi connectivity index (χ3n) is 6.28. The SMILES string of the molecule is CCCCCCCCCCCCCCCCCCNC(=O)C(NC(=O)OCCCC)C(C)C. The first-order valence-electron chi connectivity index (χ1n) is 14.2. The highest BCUT2D eigenvalue weighted by Gasteiger charge is 2.24. The van der Waals surface area contributed by atoms with Crippen molar-refractivity contribution in [1.29, 1.82) is 0 Å². The zero-order valence-electron chi connectivity index (χ0n) is 22.5. The van der Waals surface area contributed by atoms with Gasteiger partial charge in [-0.25, -0.2) is 4.79 Å². The first kappa shape index (κ1) is 31.7. The molecule has 1 unspecified atom stereocenters. The van der Waals surface area contributed by atoms with Crippen LogP contribution in [0.3, 0.4) is 0 Å². The van der Waals surface area contributed by atoms with Gasteiger partial charge in [0.2, 0.25) is 5.91 Å². The molecule has 2 N–H and O–H groups in total. The van der Waals surface area contributed by atoms with Gasteiger partial charge in [0.15, 0.2) is 0 Å². The number of rotatable bonds is 23. The molecule has 0 aromatic carbocycles. The summed E-state index contributed by atoms with van der Waals surface area (Å²) in [5.74, 6) is -0.0899. The zero-order valence-corrected chi connectivity index (χ0v) is 22.5. The van der Waals surface area contributed by atoms with E-state index in [-0.39, 0.29) is 11.8 Å². The first-order valence-corrected chi connectivity index (χ1v) is 14.2. The van der Waals surface area contributed by atoms with Crippen molar-refractivity contribution in [2.45, 2.75) is 149 Å². The predicted molar refractivity (Wildman–Crippen MR) is 141 cm³/mol. The molecule has 0 rings (SSSR count). The van der Waals surface area contributed by atoms with Gasteiger partial charge in [0, 0.05) is 6.54 Å². The van der Waals surface area contributed by atoms with E-state index >= 15 is 0 Å². The second-order valence-corrected chi connectivity index (χ2v) is 9.95. The van der Waals surface area contributed by atoms with E-state index in [1.165, 1.54) is 89.9 Å². The second-order valence-electron chi connectivity index (χ2n) is 9.95. The van der Waals surface area contributed by atoms with E-state index in [0.717, 1.165) is 25.7 Å². The third-order valence-corrected chi connectivity index (χ3v) is 6.28. The third kappa shape index (κ3) is 21.0. The van der Waals surface area contributed by atoms with Gasteiger partial charge in [0.05, 0.1) is 6.61 Å². The van der Waals surface area contributed by atoms with Crippen LogP contribution in [0.5, 0.6) is 0 Å². The molecule has 0 aromatic heterocycles. The lowest BCUT2D eigenvalue weighted by Crippen LogP contribution is -2.50. The molecular formula is C28H56N2O3. The van der Waals surface area contributed by atoms with Crippen molar-refractivity contribution in [2.24, 2.45) is 5.92 Å². The lowest BCUT2D eigenvalue weighted by atomic mass is 10.0. The number of amides is 2. The minimum absolute atomic E-state index is 0.0227. The molecule has 0 heterocycles. The Morgan fingerprint density at radius 1 is 0.636 bits per heavy atom. The van der Waals surface area contributed by atoms with Crippen molar-refractivity contribution in [3.05, 3.63) is 0 Å². The molecule has 0 spiro atoms. The normalized spacial score (nSPS) is 12.0. The maximum Gasteiger partial charge on any atom is 0.407 e. The van der Waals surface area contributed by atoms with Crippen LogP contribution in [0.2, 0.25) is 0 Å². The Balaban J connectivity index is 3.56. The predicted octanol–water partition coefficient (Wildman–Crippen LogP) is 7.92. The number of nitrogens with one attached hydrogen (secondary N) is 2. The number of carbonyl (C=O) groups excluding carboxylic acids is 2. The van der Waals surface area contributed by atoms with Crippen LogP contribution in [0, 0.1) is 5.92 Å². The average molecular weight is 469 g/mol. The summed E-state index contributed by atoms with van der Waals surface area (Å²) in [7, 11) is 0. The van der Waals surface area contributed by atoms with E-state index in [9.17, 15) is 9.59 Å². The molecule has 33 heavy (non-hydrogen) atoms. The van der Waals surface area contributed by atoms with E-state index in [0.29, 0.717) is 13.2 Å². The largest absolute Gasteiger partial charge is 0.450 e. The molecule has 2 amide bonds. The fourth-order valence-electron chi connectivity index (χ4n) is 4.01. The van der Waals surface area contributed by atoms with Crippen LogP contribution in [0.1, 0.15) is 143 Å². The number of hydrogen-bond acceptors (Lipinski definition) is 3. The van der Waals surface area contributed by atoms with Crippen LogP contribution >= 0.6 is 0 Å². The van der Waals surface area contributed by atoms with Crippen LogP contribution < -0.4 is 10.6 Å². The standard InChI is InChI=1S/C28H56N2O3/c1-5-7-9-10-11-12-13-14-15-16-17-18-19-20-21-22-23-29-27(31)26(25(3)4)30-28(32)33-24-8-6-2/h25-26H,5-24H2,1-4H3,(H,29,31)(H,30,32). The summed E-state index contributed by atoms with van der Waals surface area (Å²) in [5, 5.41) is 5.69. The fraction of sp³-hybridized carbons (Fsp3) is 0.929. The van der Waals surface area contributed by atoms with Gasteiger partial charge in [-0.2, -0.15) is 0 Å². The number of unbranched alkanes of at least 4 members (excludes halogenated alkanes) is 16. The van der Waals surface area contributed by atoms with Crippen molar-refractivity contribution in [1.82, 2.24) is 10.6 Å². The molecule has 0 bridgehead atoms. The van der Waals surface area contributed by atoms with Gasteiger partial charge in [-0.1, -0.05) is 130 Å². The fourth-order valence-corrected chi connectivity index (χ4v) is 4.01. The number of ether oxygens (including phenoxy) is 1. The van der Waals surface area contributed by atoms with Crippen LogP contribution in [0.25, 0.3) is 0 Å². The topological polar surface area (TPSA) is 67.4 Å². The van der Waals surface area contributed by atoms with Crippen LogP contribution in [-0.2, 0) is 9.53 Å². The van der Waals surface area contributed by atoms with Gasteiger partial charge in [-0.05, 0) is 18.8 Å². The van der Waals surface area contributed by atoms with Crippen molar-refractivity contribution in [3.8, 4) is 0 Å². The van der Waals surface area contributed by atoms with Gasteiger partial charge in [-0.15, -0.1) is 0 Å². The van der Waals surface area contributed by atoms with Crippen molar-refractivity contribution < 1.29 is 14.3 Å². The Labute approximate surface area is 205 Å². The van der Waals surface area contributed by atoms with Gasteiger partial charge in [-0.3, -0.25) is 4.79 Å². The molecule has 0 saturated carbocycles. The zero-order chi connectivity index (χ0) is 24.6. The maximum atomic E-state index is 12.4. The lowest BCUT2D eigenvalue weighted by molar-refractivity contribution is -0.124. The summed E-state index contributed by atoms with van der Waals surface area (Å²) < 4.78 is 5.12. The molecular weight excluding hydrogens is 412 g/mol. The van der Waals surface area contributed by atoms with Gasteiger partial charge >= 0.3 is 6.09 Å². The van der Waals surface area contributed by atoms with Gasteiger partial charge < -0.3 is 15.4 Å². The van der Waals surface area contributed by atoms with E-state index in [1.54, 1.807) is 0 Å². The molecule has 0 fully saturated rings. The van der Waals surface area contributed by atoms with E-state index < -0.39 is 12.1 Å². The molecule has 196 valence electrons. The van der Waals surface area contributed by atoms with Gasteiger partial charge in [0.25, 0.3) is 0 Å². The van der Waals surface area contributed by atoms with Crippen LogP contribution in [0.4, 0.5) is 4.79 Å². The number of carbonyl (C=O) groups is 2. The maximum absolute atomic E-state index is 12.4. The molecule has 0 radical (unpaired) electrons. The molecule has 5 heteroatoms. The molecule has 0 aliphatic heterocycles. The number of alkyl carbamates (subject to hydrolysis) is 1. The smallest absolute Gasteiger partial charge is 0.407 e. The van der Waals surface area contributed by atoms with Crippen LogP contribution in [-0.4, -0.2) is 31.2 Å². The van der Waals surface area contributed by atoms with E-state index in [2.05, 4.69) is 17.6 Å². The summed E-state index contributed by atoms with van der Waals surface area (Å²) in [6, 6.07) is -0.541. The highest BCUT2D eigenvalue weighted by molar-refractivity contribution is 5.85. The van der Waals surface area contributed by atoms with Crippen molar-refractivity contribution >= 4 is 12.0 Å². The Morgan fingerprint density at radius 2 is 1.06 bits per heavy atom. The van der Waals surface area contributed by atoms with Crippen molar-refractivity contribution in [3.63, 3.8) is 0 Å². The monoisotopic (exact) mass is 468 g/mol. The van der Waals surface area contributed by atoms with Gasteiger partial charge in [0.1, 0.15) is 6.04 Å². The molecule has 0 aliphatic carbocycles. The Bertz CT molecular complexity index is 454. The number of hydrogen-bond donors (Lipinski definition) is 2. The highest BCUT2D eigenvalue weighted by atomic mass is 16.5. The quantitative estimate of drug-likeness (QED) is 0.150. The lowest BCUT2D eigenvalue weighted by Gasteiger charge is -2.21. The summed E-state index contributed by atoms with van der Waals surface area (Å²) in [6.45, 7) is 9.26. The molecule has 0 aliphatic rings. The summed E-state index contributed by atoms with van der Waals surface area (Å²) in [6.07, 6.45) is 22.8. The Morgan fingerprint density at radius 3 is 1.48 bits per heavy atom. The van der Waals surface area contributed by atoms with E-state index in [1.807, 2.05) is 20.8 Å². The first-order chi connectivity index (χ1) is 16.0. The summed E-state index contributed by atoms with van der Waals surface area (Å²) in [5.41, 5.74) is 0. The Hall–Kier alpha value is -1.26. The minimum Gasteiger partial charge on any atom is -0.450 e. The Kier molecular flexibility index (Phi) is 23.0. The van der Waals surface area contributed by atoms with Crippen molar-refractivity contribution in [2.75, 3.05) is 13.2 Å². The van der Waals surface area contributed by atoms with Crippen LogP contribution in [0.15, 0.2) is 0 Å². The molecule has 1 atom stereocenters. The summed E-state index contributed by atoms with van der Waals surface area (Å²) >= 11 is 0. The second kappa shape index (κ2) is 23.9. The van der Waals surface area contributed by atoms with E-state index in [4.69, 9.17) is 4.74 Å². The molecule has 0 saturated heterocycles. The highest BCUT2D eigenvalue weighted by Crippen LogP contribution is 2.13.